The molecule has 0 aromatic rings. The van der Waals surface area contributed by atoms with Crippen molar-refractivity contribution in [3.05, 3.63) is 36.0 Å². The molecule has 1 saturated carbocycles. The predicted molar refractivity (Wildman–Crippen MR) is 64.6 cm³/mol. The third-order valence-corrected chi connectivity index (χ3v) is 4.39. The van der Waals surface area contributed by atoms with Crippen molar-refractivity contribution in [2.75, 3.05) is 0 Å². The maximum Gasteiger partial charge on any atom is 0.00967 e. The quantitative estimate of drug-likeness (QED) is 0.550. The molecule has 0 spiro atoms. The molecule has 3 rings (SSSR count). The minimum absolute atomic E-state index is 0.510. The van der Waals surface area contributed by atoms with Crippen LogP contribution in [-0.2, 0) is 0 Å². The van der Waals surface area contributed by atoms with Crippen molar-refractivity contribution in [2.45, 2.75) is 44.9 Å². The maximum atomic E-state index is 2.54. The van der Waals surface area contributed by atoms with Crippen LogP contribution in [0.15, 0.2) is 36.0 Å². The van der Waals surface area contributed by atoms with Crippen molar-refractivity contribution in [2.24, 2.45) is 11.3 Å². The molecule has 0 radical (unpaired) electrons. The summed E-state index contributed by atoms with van der Waals surface area (Å²) in [6, 6.07) is 0. The lowest BCUT2D eigenvalue weighted by atomic mass is 9.76. The lowest BCUT2D eigenvalue weighted by Crippen LogP contribution is -2.15. The number of hydrogen-bond acceptors (Lipinski definition) is 0. The van der Waals surface area contributed by atoms with Gasteiger partial charge in [0.25, 0.3) is 0 Å². The summed E-state index contributed by atoms with van der Waals surface area (Å²) in [5, 5.41) is 0. The van der Waals surface area contributed by atoms with Crippen LogP contribution in [-0.4, -0.2) is 0 Å². The Labute approximate surface area is 92.8 Å². The Morgan fingerprint density at radius 1 is 1.13 bits per heavy atom. The van der Waals surface area contributed by atoms with E-state index in [1.54, 1.807) is 5.57 Å². The number of hydrogen-bond donors (Lipinski definition) is 0. The van der Waals surface area contributed by atoms with Gasteiger partial charge in [-0.05, 0) is 50.9 Å². The molecule has 2 unspecified atom stereocenters. The average Bonchev–Trinajstić information content (AvgIpc) is 2.77. The monoisotopic (exact) mass is 200 g/mol. The largest absolute Gasteiger partial charge is 0.0882 e. The molecule has 1 fully saturated rings. The Morgan fingerprint density at radius 2 is 2.07 bits per heavy atom. The molecule has 15 heavy (non-hydrogen) atoms. The minimum Gasteiger partial charge on any atom is -0.0882 e. The van der Waals surface area contributed by atoms with E-state index in [2.05, 4.69) is 30.4 Å². The predicted octanol–water partition coefficient (Wildman–Crippen LogP) is 4.40. The third kappa shape index (κ3) is 1.60. The molecule has 0 aromatic heterocycles. The first-order valence-electron chi connectivity index (χ1n) is 6.43. The van der Waals surface area contributed by atoms with Gasteiger partial charge in [0.1, 0.15) is 0 Å². The average molecular weight is 200 g/mol. The normalized spacial score (nSPS) is 38.9. The fourth-order valence-electron chi connectivity index (χ4n) is 3.53. The van der Waals surface area contributed by atoms with E-state index in [0.29, 0.717) is 5.41 Å². The van der Waals surface area contributed by atoms with Gasteiger partial charge in [0, 0.05) is 5.41 Å². The van der Waals surface area contributed by atoms with E-state index in [4.69, 9.17) is 0 Å². The van der Waals surface area contributed by atoms with E-state index in [1.807, 2.05) is 0 Å². The zero-order chi connectivity index (χ0) is 10.1. The van der Waals surface area contributed by atoms with Crippen LogP contribution in [0.1, 0.15) is 44.9 Å². The summed E-state index contributed by atoms with van der Waals surface area (Å²) in [4.78, 5) is 0. The Bertz CT molecular complexity index is 332. The summed E-state index contributed by atoms with van der Waals surface area (Å²) in [5.41, 5.74) is 2.26. The smallest absolute Gasteiger partial charge is 0.00967 e. The Kier molecular flexibility index (Phi) is 2.31. The van der Waals surface area contributed by atoms with Crippen molar-refractivity contribution in [1.82, 2.24) is 0 Å². The number of rotatable bonds is 1. The summed E-state index contributed by atoms with van der Waals surface area (Å²) in [7, 11) is 0. The van der Waals surface area contributed by atoms with Crippen LogP contribution in [0, 0.1) is 11.3 Å². The lowest BCUT2D eigenvalue weighted by Gasteiger charge is -2.28. The Hall–Kier alpha value is -0.780. The van der Waals surface area contributed by atoms with Crippen molar-refractivity contribution < 1.29 is 0 Å². The van der Waals surface area contributed by atoms with E-state index in [9.17, 15) is 0 Å². The first kappa shape index (κ1) is 9.45. The highest BCUT2D eigenvalue weighted by molar-refractivity contribution is 5.31. The van der Waals surface area contributed by atoms with Gasteiger partial charge < -0.3 is 0 Å². The molecule has 0 heteroatoms. The molecule has 2 atom stereocenters. The van der Waals surface area contributed by atoms with Gasteiger partial charge in [-0.3, -0.25) is 0 Å². The summed E-state index contributed by atoms with van der Waals surface area (Å²) in [6.07, 6.45) is 21.6. The van der Waals surface area contributed by atoms with Gasteiger partial charge in [-0.1, -0.05) is 36.0 Å². The molecule has 2 bridgehead atoms. The van der Waals surface area contributed by atoms with Gasteiger partial charge in [0.2, 0.25) is 0 Å². The Balaban J connectivity index is 1.83. The molecule has 80 valence electrons. The first-order chi connectivity index (χ1) is 7.39. The minimum atomic E-state index is 0.510. The number of allylic oxidation sites excluding steroid dienone is 6. The van der Waals surface area contributed by atoms with Gasteiger partial charge in [-0.15, -0.1) is 0 Å². The molecule has 0 nitrogen and oxygen atoms in total. The molecular formula is C15H20. The standard InChI is InChI=1S/C15H20/c1-2-4-6-14(7-5-3-1)15-10-8-13(12-15)9-11-15/h1-2,7-8,10,13H,3-6,9,11-12H2. The number of fused-ring (bicyclic) bond motifs is 2. The van der Waals surface area contributed by atoms with E-state index in [0.717, 1.165) is 5.92 Å². The molecule has 0 heterocycles. The second-order valence-electron chi connectivity index (χ2n) is 5.33. The van der Waals surface area contributed by atoms with Crippen LogP contribution in [0.25, 0.3) is 0 Å². The van der Waals surface area contributed by atoms with Crippen molar-refractivity contribution in [1.29, 1.82) is 0 Å². The first-order valence-corrected chi connectivity index (χ1v) is 6.43. The SMILES string of the molecule is C1=CCCC(C23C=CC(CC2)C3)=CCC1. The fourth-order valence-corrected chi connectivity index (χ4v) is 3.53. The molecule has 0 saturated heterocycles. The topological polar surface area (TPSA) is 0 Å². The van der Waals surface area contributed by atoms with E-state index in [-0.39, 0.29) is 0 Å². The molecule has 0 N–H and O–H groups in total. The lowest BCUT2D eigenvalue weighted by molar-refractivity contribution is 0.465. The highest BCUT2D eigenvalue weighted by Crippen LogP contribution is 2.54. The zero-order valence-corrected chi connectivity index (χ0v) is 9.41. The van der Waals surface area contributed by atoms with Gasteiger partial charge in [-0.25, -0.2) is 0 Å². The van der Waals surface area contributed by atoms with Crippen molar-refractivity contribution >= 4 is 0 Å². The molecule has 3 aliphatic rings. The Morgan fingerprint density at radius 3 is 2.80 bits per heavy atom. The summed E-state index contributed by atoms with van der Waals surface area (Å²) in [6.45, 7) is 0. The maximum absolute atomic E-state index is 2.54. The van der Waals surface area contributed by atoms with Crippen LogP contribution in [0.4, 0.5) is 0 Å². The highest BCUT2D eigenvalue weighted by atomic mass is 14.5. The molecule has 3 aliphatic carbocycles. The fraction of sp³-hybridized carbons (Fsp3) is 0.600. The van der Waals surface area contributed by atoms with Crippen LogP contribution >= 0.6 is 0 Å². The van der Waals surface area contributed by atoms with Gasteiger partial charge in [-0.2, -0.15) is 0 Å². The van der Waals surface area contributed by atoms with E-state index >= 15 is 0 Å². The van der Waals surface area contributed by atoms with Crippen molar-refractivity contribution in [3.8, 4) is 0 Å². The summed E-state index contributed by atoms with van der Waals surface area (Å²) < 4.78 is 0. The summed E-state index contributed by atoms with van der Waals surface area (Å²) in [5.74, 6) is 0.909. The van der Waals surface area contributed by atoms with Crippen LogP contribution in [0.5, 0.6) is 0 Å². The summed E-state index contributed by atoms with van der Waals surface area (Å²) >= 11 is 0. The second-order valence-corrected chi connectivity index (χ2v) is 5.33. The van der Waals surface area contributed by atoms with Crippen LogP contribution in [0.2, 0.25) is 0 Å². The molecular weight excluding hydrogens is 180 g/mol. The molecule has 0 aromatic carbocycles. The highest BCUT2D eigenvalue weighted by Gasteiger charge is 2.42. The second kappa shape index (κ2) is 3.66. The van der Waals surface area contributed by atoms with Gasteiger partial charge >= 0.3 is 0 Å². The van der Waals surface area contributed by atoms with Crippen LogP contribution in [0.3, 0.4) is 0 Å². The molecule has 0 amide bonds. The van der Waals surface area contributed by atoms with Gasteiger partial charge in [0.05, 0.1) is 0 Å². The van der Waals surface area contributed by atoms with Gasteiger partial charge in [0.15, 0.2) is 0 Å². The van der Waals surface area contributed by atoms with Crippen LogP contribution < -0.4 is 0 Å². The molecule has 0 aliphatic heterocycles. The van der Waals surface area contributed by atoms with E-state index < -0.39 is 0 Å². The van der Waals surface area contributed by atoms with E-state index in [1.165, 1.54) is 44.9 Å². The zero-order valence-electron chi connectivity index (χ0n) is 9.41. The van der Waals surface area contributed by atoms with Crippen molar-refractivity contribution in [3.63, 3.8) is 0 Å². The third-order valence-electron chi connectivity index (χ3n) is 4.39.